The molecule has 2 bridgehead atoms. The first-order valence-corrected chi connectivity index (χ1v) is 8.41. The first kappa shape index (κ1) is 15.3. The van der Waals surface area contributed by atoms with Crippen LogP contribution in [0.25, 0.3) is 0 Å². The number of nitrogens with zero attached hydrogens (tertiary/aromatic N) is 2. The molecular weight excluding hydrogens is 234 g/mol. The molecule has 0 aromatic rings. The van der Waals surface area contributed by atoms with Crippen molar-refractivity contribution in [1.82, 2.24) is 9.80 Å². The van der Waals surface area contributed by atoms with Crippen LogP contribution in [0.15, 0.2) is 0 Å². The van der Waals surface area contributed by atoms with Crippen molar-refractivity contribution in [2.24, 2.45) is 5.73 Å². The molecular formula is C16H33N3. The largest absolute Gasteiger partial charge is 0.328 e. The molecule has 19 heavy (non-hydrogen) atoms. The van der Waals surface area contributed by atoms with Crippen LogP contribution in [-0.2, 0) is 0 Å². The van der Waals surface area contributed by atoms with Gasteiger partial charge in [-0.2, -0.15) is 0 Å². The fraction of sp³-hybridized carbons (Fsp3) is 1.00. The summed E-state index contributed by atoms with van der Waals surface area (Å²) in [6.07, 6.45) is 7.93. The smallest absolute Gasteiger partial charge is 0.0116 e. The number of nitrogens with two attached hydrogens (primary N) is 1. The molecule has 2 aliphatic rings. The number of rotatable bonds is 7. The van der Waals surface area contributed by atoms with E-state index < -0.39 is 0 Å². The molecule has 2 aliphatic heterocycles. The fourth-order valence-corrected chi connectivity index (χ4v) is 4.27. The average molecular weight is 267 g/mol. The summed E-state index contributed by atoms with van der Waals surface area (Å²) in [5, 5.41) is 0. The van der Waals surface area contributed by atoms with Crippen LogP contribution in [0, 0.1) is 0 Å². The highest BCUT2D eigenvalue weighted by Crippen LogP contribution is 2.37. The van der Waals surface area contributed by atoms with Crippen molar-refractivity contribution in [3.8, 4) is 0 Å². The van der Waals surface area contributed by atoms with E-state index in [0.29, 0.717) is 6.04 Å². The summed E-state index contributed by atoms with van der Waals surface area (Å²) in [5.74, 6) is 0. The highest BCUT2D eigenvalue weighted by Gasteiger charge is 2.41. The van der Waals surface area contributed by atoms with Crippen molar-refractivity contribution in [3.63, 3.8) is 0 Å². The number of hydrogen-bond donors (Lipinski definition) is 1. The van der Waals surface area contributed by atoms with Crippen LogP contribution in [0.1, 0.15) is 59.3 Å². The van der Waals surface area contributed by atoms with Crippen LogP contribution in [0.5, 0.6) is 0 Å². The van der Waals surface area contributed by atoms with E-state index in [1.54, 1.807) is 0 Å². The van der Waals surface area contributed by atoms with Gasteiger partial charge in [-0.05, 0) is 65.1 Å². The summed E-state index contributed by atoms with van der Waals surface area (Å²) in [7, 11) is 0. The van der Waals surface area contributed by atoms with Gasteiger partial charge in [0.1, 0.15) is 0 Å². The quantitative estimate of drug-likeness (QED) is 0.769. The molecule has 0 radical (unpaired) electrons. The molecule has 112 valence electrons. The van der Waals surface area contributed by atoms with E-state index in [9.17, 15) is 0 Å². The van der Waals surface area contributed by atoms with E-state index in [-0.39, 0.29) is 0 Å². The summed E-state index contributed by atoms with van der Waals surface area (Å²) in [5.41, 5.74) is 6.16. The number of hydrogen-bond acceptors (Lipinski definition) is 3. The van der Waals surface area contributed by atoms with Crippen LogP contribution in [0.2, 0.25) is 0 Å². The Morgan fingerprint density at radius 3 is 2.26 bits per heavy atom. The third-order valence-electron chi connectivity index (χ3n) is 5.33. The van der Waals surface area contributed by atoms with Gasteiger partial charge in [0.2, 0.25) is 0 Å². The molecule has 2 heterocycles. The van der Waals surface area contributed by atoms with E-state index >= 15 is 0 Å². The zero-order valence-electron chi connectivity index (χ0n) is 13.1. The SMILES string of the molecule is CCN(CC)CCCC(C)N1C2CCC1CC(N)C2. The van der Waals surface area contributed by atoms with E-state index in [2.05, 4.69) is 30.6 Å². The van der Waals surface area contributed by atoms with Gasteiger partial charge in [-0.15, -0.1) is 0 Å². The number of piperidine rings is 1. The van der Waals surface area contributed by atoms with Gasteiger partial charge in [0.05, 0.1) is 0 Å². The molecule has 3 unspecified atom stereocenters. The third kappa shape index (κ3) is 3.71. The van der Waals surface area contributed by atoms with Gasteiger partial charge in [-0.3, -0.25) is 4.90 Å². The Morgan fingerprint density at radius 1 is 1.16 bits per heavy atom. The molecule has 3 heteroatoms. The molecule has 0 aromatic heterocycles. The Bertz CT molecular complexity index is 251. The minimum Gasteiger partial charge on any atom is -0.328 e. The molecule has 0 amide bonds. The highest BCUT2D eigenvalue weighted by atomic mass is 15.2. The van der Waals surface area contributed by atoms with Gasteiger partial charge in [-0.25, -0.2) is 0 Å². The van der Waals surface area contributed by atoms with Crippen LogP contribution in [0.4, 0.5) is 0 Å². The molecule has 2 fully saturated rings. The van der Waals surface area contributed by atoms with Gasteiger partial charge in [0, 0.05) is 24.2 Å². The second-order valence-electron chi connectivity index (χ2n) is 6.58. The van der Waals surface area contributed by atoms with Crippen LogP contribution < -0.4 is 5.73 Å². The second kappa shape index (κ2) is 7.05. The predicted molar refractivity (Wildman–Crippen MR) is 82.3 cm³/mol. The van der Waals surface area contributed by atoms with E-state index in [4.69, 9.17) is 5.73 Å². The highest BCUT2D eigenvalue weighted by molar-refractivity contribution is 4.98. The molecule has 0 aliphatic carbocycles. The lowest BCUT2D eigenvalue weighted by atomic mass is 9.95. The Balaban J connectivity index is 1.76. The van der Waals surface area contributed by atoms with Gasteiger partial charge < -0.3 is 10.6 Å². The predicted octanol–water partition coefficient (Wildman–Crippen LogP) is 2.45. The van der Waals surface area contributed by atoms with E-state index in [1.807, 2.05) is 0 Å². The first-order chi connectivity index (χ1) is 9.15. The minimum absolute atomic E-state index is 0.469. The Morgan fingerprint density at radius 2 is 1.74 bits per heavy atom. The summed E-state index contributed by atoms with van der Waals surface area (Å²) >= 11 is 0. The molecule has 3 atom stereocenters. The lowest BCUT2D eigenvalue weighted by Gasteiger charge is -2.41. The first-order valence-electron chi connectivity index (χ1n) is 8.41. The van der Waals surface area contributed by atoms with Gasteiger partial charge in [-0.1, -0.05) is 13.8 Å². The molecule has 0 spiro atoms. The van der Waals surface area contributed by atoms with E-state index in [1.165, 1.54) is 58.2 Å². The van der Waals surface area contributed by atoms with Crippen molar-refractivity contribution in [3.05, 3.63) is 0 Å². The Kier molecular flexibility index (Phi) is 5.67. The Labute approximate surface area is 119 Å². The van der Waals surface area contributed by atoms with Gasteiger partial charge in [0.25, 0.3) is 0 Å². The maximum absolute atomic E-state index is 6.16. The van der Waals surface area contributed by atoms with Crippen molar-refractivity contribution in [2.45, 2.75) is 83.5 Å². The maximum Gasteiger partial charge on any atom is 0.0116 e. The van der Waals surface area contributed by atoms with Crippen LogP contribution in [-0.4, -0.2) is 53.6 Å². The van der Waals surface area contributed by atoms with Gasteiger partial charge >= 0.3 is 0 Å². The molecule has 2 rings (SSSR count). The zero-order valence-corrected chi connectivity index (χ0v) is 13.1. The van der Waals surface area contributed by atoms with Crippen LogP contribution in [0.3, 0.4) is 0 Å². The molecule has 0 saturated carbocycles. The summed E-state index contributed by atoms with van der Waals surface area (Å²) in [4.78, 5) is 5.35. The zero-order chi connectivity index (χ0) is 13.8. The average Bonchev–Trinajstić information content (AvgIpc) is 2.67. The van der Waals surface area contributed by atoms with Crippen molar-refractivity contribution in [1.29, 1.82) is 0 Å². The monoisotopic (exact) mass is 267 g/mol. The molecule has 2 N–H and O–H groups in total. The second-order valence-corrected chi connectivity index (χ2v) is 6.58. The lowest BCUT2D eigenvalue weighted by molar-refractivity contribution is 0.0786. The topological polar surface area (TPSA) is 32.5 Å². The summed E-state index contributed by atoms with van der Waals surface area (Å²) < 4.78 is 0. The summed E-state index contributed by atoms with van der Waals surface area (Å²) in [6, 6.07) is 2.80. The van der Waals surface area contributed by atoms with Gasteiger partial charge in [0.15, 0.2) is 0 Å². The van der Waals surface area contributed by atoms with Crippen molar-refractivity contribution >= 4 is 0 Å². The Hall–Kier alpha value is -0.120. The maximum atomic E-state index is 6.16. The lowest BCUT2D eigenvalue weighted by Crippen LogP contribution is -2.51. The standard InChI is InChI=1S/C16H33N3/c1-4-18(5-2)10-6-7-13(3)19-15-8-9-16(19)12-14(17)11-15/h13-16H,4-12,17H2,1-3H3. The minimum atomic E-state index is 0.469. The third-order valence-corrected chi connectivity index (χ3v) is 5.33. The van der Waals surface area contributed by atoms with E-state index in [0.717, 1.165) is 18.1 Å². The number of fused-ring (bicyclic) bond motifs is 2. The fourth-order valence-electron chi connectivity index (χ4n) is 4.27. The molecule has 3 nitrogen and oxygen atoms in total. The van der Waals surface area contributed by atoms with Crippen molar-refractivity contribution < 1.29 is 0 Å². The molecule has 0 aromatic carbocycles. The van der Waals surface area contributed by atoms with Crippen molar-refractivity contribution in [2.75, 3.05) is 19.6 Å². The molecule has 2 saturated heterocycles. The summed E-state index contributed by atoms with van der Waals surface area (Å²) in [6.45, 7) is 10.6. The van der Waals surface area contributed by atoms with Crippen LogP contribution >= 0.6 is 0 Å². The normalized spacial score (nSPS) is 33.0.